The third-order valence-electron chi connectivity index (χ3n) is 4.66. The van der Waals surface area contributed by atoms with Gasteiger partial charge in [0.05, 0.1) is 7.11 Å². The van der Waals surface area contributed by atoms with Crippen molar-refractivity contribution in [3.05, 3.63) is 53.9 Å². The van der Waals surface area contributed by atoms with Gasteiger partial charge in [0.25, 0.3) is 11.8 Å². The van der Waals surface area contributed by atoms with Crippen molar-refractivity contribution in [3.8, 4) is 5.75 Å². The number of nitrogens with one attached hydrogen (secondary N) is 1. The quantitative estimate of drug-likeness (QED) is 0.916. The minimum absolute atomic E-state index is 0.0437. The number of likely N-dealkylation sites (tertiary alicyclic amines) is 1. The Labute approximate surface area is 153 Å². The maximum absolute atomic E-state index is 12.7. The van der Waals surface area contributed by atoms with Crippen molar-refractivity contribution in [1.29, 1.82) is 0 Å². The van der Waals surface area contributed by atoms with Gasteiger partial charge in [-0.15, -0.1) is 0 Å². The molecule has 0 atom stereocenters. The van der Waals surface area contributed by atoms with E-state index in [9.17, 15) is 9.59 Å². The van der Waals surface area contributed by atoms with Gasteiger partial charge in [-0.1, -0.05) is 6.92 Å². The molecule has 3 rings (SSSR count). The van der Waals surface area contributed by atoms with Crippen LogP contribution in [-0.4, -0.2) is 41.9 Å². The van der Waals surface area contributed by atoms with Crippen molar-refractivity contribution in [3.63, 3.8) is 0 Å². The van der Waals surface area contributed by atoms with Gasteiger partial charge in [-0.25, -0.2) is 0 Å². The second kappa shape index (κ2) is 7.99. The van der Waals surface area contributed by atoms with Crippen molar-refractivity contribution >= 4 is 17.5 Å². The lowest BCUT2D eigenvalue weighted by molar-refractivity contribution is 0.0697. The molecule has 1 aromatic heterocycles. The highest BCUT2D eigenvalue weighted by molar-refractivity contribution is 6.04. The first-order valence-electron chi connectivity index (χ1n) is 8.77. The molecule has 26 heavy (non-hydrogen) atoms. The monoisotopic (exact) mass is 353 g/mol. The Bertz CT molecular complexity index is 781. The Kier molecular flexibility index (Phi) is 5.51. The molecule has 1 aliphatic rings. The second-order valence-electron chi connectivity index (χ2n) is 6.59. The summed E-state index contributed by atoms with van der Waals surface area (Å²) in [4.78, 5) is 31.0. The van der Waals surface area contributed by atoms with E-state index in [1.807, 2.05) is 4.90 Å². The maximum Gasteiger partial charge on any atom is 0.274 e. The number of hydrogen-bond acceptors (Lipinski definition) is 4. The van der Waals surface area contributed by atoms with Crippen LogP contribution in [0, 0.1) is 5.92 Å². The number of benzene rings is 1. The van der Waals surface area contributed by atoms with Crippen LogP contribution in [0.3, 0.4) is 0 Å². The summed E-state index contributed by atoms with van der Waals surface area (Å²) in [5.74, 6) is 0.974. The molecule has 1 saturated heterocycles. The van der Waals surface area contributed by atoms with Gasteiger partial charge >= 0.3 is 0 Å². The molecule has 0 bridgehead atoms. The minimum atomic E-state index is -0.350. The van der Waals surface area contributed by atoms with Crippen LogP contribution in [0.5, 0.6) is 5.75 Å². The van der Waals surface area contributed by atoms with Crippen LogP contribution in [-0.2, 0) is 0 Å². The number of pyridine rings is 1. The summed E-state index contributed by atoms with van der Waals surface area (Å²) in [6.07, 6.45) is 3.53. The van der Waals surface area contributed by atoms with Crippen molar-refractivity contribution in [2.24, 2.45) is 5.92 Å². The fraction of sp³-hybridized carbons (Fsp3) is 0.350. The van der Waals surface area contributed by atoms with E-state index in [1.54, 1.807) is 43.5 Å². The molecule has 2 heterocycles. The summed E-state index contributed by atoms with van der Waals surface area (Å²) >= 11 is 0. The molecule has 2 amide bonds. The lowest BCUT2D eigenvalue weighted by Crippen LogP contribution is -2.38. The summed E-state index contributed by atoms with van der Waals surface area (Å²) in [6, 6.07) is 10.2. The standard InChI is InChI=1S/C20H23N3O3/c1-14-8-11-23(12-9-14)20(25)15-7-10-21-18(13-15)19(24)22-16-3-5-17(26-2)6-4-16/h3-7,10,13-14H,8-9,11-12H2,1-2H3,(H,22,24). The van der Waals surface area contributed by atoms with Gasteiger partial charge < -0.3 is 15.0 Å². The van der Waals surface area contributed by atoms with Gasteiger partial charge in [-0.3, -0.25) is 14.6 Å². The number of amides is 2. The Hall–Kier alpha value is -2.89. The molecule has 0 radical (unpaired) electrons. The Morgan fingerprint density at radius 3 is 2.50 bits per heavy atom. The highest BCUT2D eigenvalue weighted by atomic mass is 16.5. The predicted octanol–water partition coefficient (Wildman–Crippen LogP) is 3.21. The Balaban J connectivity index is 1.69. The third-order valence-corrected chi connectivity index (χ3v) is 4.66. The number of carbonyl (C=O) groups excluding carboxylic acids is 2. The number of nitrogens with zero attached hydrogens (tertiary/aromatic N) is 2. The zero-order valence-electron chi connectivity index (χ0n) is 15.1. The van der Waals surface area contributed by atoms with E-state index >= 15 is 0 Å². The lowest BCUT2D eigenvalue weighted by Gasteiger charge is -2.30. The smallest absolute Gasteiger partial charge is 0.274 e. The summed E-state index contributed by atoms with van der Waals surface area (Å²) in [7, 11) is 1.59. The average Bonchev–Trinajstić information content (AvgIpc) is 2.68. The van der Waals surface area contributed by atoms with Crippen LogP contribution < -0.4 is 10.1 Å². The molecule has 136 valence electrons. The SMILES string of the molecule is COc1ccc(NC(=O)c2cc(C(=O)N3CCC(C)CC3)ccn2)cc1. The van der Waals surface area contributed by atoms with Gasteiger partial charge in [0.15, 0.2) is 0 Å². The molecule has 6 heteroatoms. The van der Waals surface area contributed by atoms with Gasteiger partial charge in [-0.05, 0) is 55.2 Å². The molecule has 0 unspecified atom stereocenters. The van der Waals surface area contributed by atoms with E-state index in [-0.39, 0.29) is 17.5 Å². The average molecular weight is 353 g/mol. The van der Waals surface area contributed by atoms with Gasteiger partial charge in [0.2, 0.25) is 0 Å². The number of rotatable bonds is 4. The number of anilines is 1. The number of piperidine rings is 1. The van der Waals surface area contributed by atoms with E-state index in [4.69, 9.17) is 4.74 Å². The number of carbonyl (C=O) groups is 2. The Morgan fingerprint density at radius 1 is 1.15 bits per heavy atom. The highest BCUT2D eigenvalue weighted by Gasteiger charge is 2.22. The van der Waals surface area contributed by atoms with Crippen LogP contribution in [0.25, 0.3) is 0 Å². The maximum atomic E-state index is 12.7. The van der Waals surface area contributed by atoms with Crippen LogP contribution in [0.15, 0.2) is 42.6 Å². The van der Waals surface area contributed by atoms with Gasteiger partial charge in [0.1, 0.15) is 11.4 Å². The van der Waals surface area contributed by atoms with Crippen LogP contribution >= 0.6 is 0 Å². The summed E-state index contributed by atoms with van der Waals surface area (Å²) < 4.78 is 5.10. The molecule has 1 aliphatic heterocycles. The number of ether oxygens (including phenoxy) is 1. The first kappa shape index (κ1) is 17.9. The molecular weight excluding hydrogens is 330 g/mol. The zero-order valence-corrected chi connectivity index (χ0v) is 15.1. The summed E-state index contributed by atoms with van der Waals surface area (Å²) in [5.41, 5.74) is 1.35. The second-order valence-corrected chi connectivity index (χ2v) is 6.59. The molecule has 0 spiro atoms. The van der Waals surface area contributed by atoms with Crippen molar-refractivity contribution < 1.29 is 14.3 Å². The van der Waals surface area contributed by atoms with Crippen molar-refractivity contribution in [1.82, 2.24) is 9.88 Å². The third kappa shape index (κ3) is 4.20. The number of hydrogen-bond donors (Lipinski definition) is 1. The molecule has 0 saturated carbocycles. The minimum Gasteiger partial charge on any atom is -0.497 e. The molecule has 1 N–H and O–H groups in total. The summed E-state index contributed by atoms with van der Waals surface area (Å²) in [5, 5.41) is 2.78. The molecule has 6 nitrogen and oxygen atoms in total. The van der Waals surface area contributed by atoms with Gasteiger partial charge in [-0.2, -0.15) is 0 Å². The normalized spacial score (nSPS) is 14.8. The largest absolute Gasteiger partial charge is 0.497 e. The molecule has 0 aliphatic carbocycles. The van der Waals surface area contributed by atoms with Crippen LogP contribution in [0.4, 0.5) is 5.69 Å². The Morgan fingerprint density at radius 2 is 1.85 bits per heavy atom. The van der Waals surface area contributed by atoms with Gasteiger partial charge in [0, 0.05) is 30.5 Å². The van der Waals surface area contributed by atoms with E-state index in [0.29, 0.717) is 22.9 Å². The lowest BCUT2D eigenvalue weighted by atomic mass is 9.98. The topological polar surface area (TPSA) is 71.5 Å². The fourth-order valence-electron chi connectivity index (χ4n) is 2.95. The van der Waals surface area contributed by atoms with Crippen molar-refractivity contribution in [2.75, 3.05) is 25.5 Å². The molecule has 1 fully saturated rings. The van der Waals surface area contributed by atoms with E-state index in [1.165, 1.54) is 6.20 Å². The van der Waals surface area contributed by atoms with E-state index < -0.39 is 0 Å². The van der Waals surface area contributed by atoms with Crippen molar-refractivity contribution in [2.45, 2.75) is 19.8 Å². The predicted molar refractivity (Wildman–Crippen MR) is 99.5 cm³/mol. The van der Waals surface area contributed by atoms with E-state index in [0.717, 1.165) is 25.9 Å². The first-order chi connectivity index (χ1) is 12.6. The summed E-state index contributed by atoms with van der Waals surface area (Å²) in [6.45, 7) is 3.72. The van der Waals surface area contributed by atoms with Crippen LogP contribution in [0.2, 0.25) is 0 Å². The molecule has 1 aromatic carbocycles. The zero-order chi connectivity index (χ0) is 18.5. The first-order valence-corrected chi connectivity index (χ1v) is 8.77. The fourth-order valence-corrected chi connectivity index (χ4v) is 2.95. The number of aromatic nitrogens is 1. The number of methoxy groups -OCH3 is 1. The van der Waals surface area contributed by atoms with Crippen LogP contribution in [0.1, 0.15) is 40.6 Å². The highest BCUT2D eigenvalue weighted by Crippen LogP contribution is 2.19. The molecular formula is C20H23N3O3. The van der Waals surface area contributed by atoms with E-state index in [2.05, 4.69) is 17.2 Å². The molecule has 2 aromatic rings.